The third-order valence-electron chi connectivity index (χ3n) is 2.39. The molecule has 19 heavy (non-hydrogen) atoms. The quantitative estimate of drug-likeness (QED) is 0.860. The van der Waals surface area contributed by atoms with Crippen LogP contribution < -0.4 is 0 Å². The number of hydrogen-bond donors (Lipinski definition) is 1. The van der Waals surface area contributed by atoms with Crippen LogP contribution in [-0.4, -0.2) is 31.4 Å². The molecule has 2 aromatic rings. The van der Waals surface area contributed by atoms with Gasteiger partial charge in [0.1, 0.15) is 5.52 Å². The normalized spacial score (nSPS) is 11.4. The lowest BCUT2D eigenvalue weighted by Gasteiger charge is -2.09. The molecule has 0 aromatic carbocycles. The molecule has 0 amide bonds. The maximum Gasteiger partial charge on any atom is 0.313 e. The van der Waals surface area contributed by atoms with Crippen molar-refractivity contribution in [3.05, 3.63) is 17.3 Å². The molecule has 0 atom stereocenters. The average molecular weight is 300 g/mol. The topological polar surface area (TPSA) is 68.0 Å². The van der Waals surface area contributed by atoms with Gasteiger partial charge in [-0.1, -0.05) is 37.2 Å². The standard InChI is InChI=1S/C12H14ClN3O2S/c1-7(2)5-16-11-9(3-8(13)4-14-11)15-12(16)19-6-10(17)18/h3-4,7H,5-6H2,1-2H3,(H,17,18). The van der Waals surface area contributed by atoms with Gasteiger partial charge in [-0.3, -0.25) is 4.79 Å². The van der Waals surface area contributed by atoms with Crippen LogP contribution in [0.5, 0.6) is 0 Å². The van der Waals surface area contributed by atoms with Crippen molar-refractivity contribution in [1.82, 2.24) is 14.5 Å². The van der Waals surface area contributed by atoms with Gasteiger partial charge >= 0.3 is 5.97 Å². The first kappa shape index (κ1) is 14.1. The second-order valence-corrected chi connectivity index (χ2v) is 5.96. The van der Waals surface area contributed by atoms with Gasteiger partial charge < -0.3 is 9.67 Å². The predicted molar refractivity (Wildman–Crippen MR) is 75.7 cm³/mol. The molecule has 0 spiro atoms. The summed E-state index contributed by atoms with van der Waals surface area (Å²) in [5, 5.41) is 9.96. The monoisotopic (exact) mass is 299 g/mol. The van der Waals surface area contributed by atoms with Gasteiger partial charge in [-0.15, -0.1) is 0 Å². The molecule has 0 saturated heterocycles. The molecule has 2 rings (SSSR count). The Morgan fingerprint density at radius 1 is 1.58 bits per heavy atom. The maximum absolute atomic E-state index is 10.7. The fourth-order valence-electron chi connectivity index (χ4n) is 1.73. The van der Waals surface area contributed by atoms with Crippen molar-refractivity contribution in [3.63, 3.8) is 0 Å². The molecule has 0 fully saturated rings. The first-order valence-electron chi connectivity index (χ1n) is 5.83. The Labute approximate surface area is 120 Å². The van der Waals surface area contributed by atoms with Gasteiger partial charge in [-0.2, -0.15) is 0 Å². The van der Waals surface area contributed by atoms with E-state index in [9.17, 15) is 4.79 Å². The Hall–Kier alpha value is -1.27. The van der Waals surface area contributed by atoms with Crippen LogP contribution in [0.2, 0.25) is 5.02 Å². The van der Waals surface area contributed by atoms with Crippen LogP contribution in [0.25, 0.3) is 11.2 Å². The number of thioether (sulfide) groups is 1. The van der Waals surface area contributed by atoms with Crippen LogP contribution >= 0.6 is 23.4 Å². The Kier molecular flexibility index (Phi) is 4.31. The highest BCUT2D eigenvalue weighted by Gasteiger charge is 2.15. The summed E-state index contributed by atoms with van der Waals surface area (Å²) in [7, 11) is 0. The number of fused-ring (bicyclic) bond motifs is 1. The SMILES string of the molecule is CC(C)Cn1c(SCC(=O)O)nc2cc(Cl)cnc21. The first-order chi connectivity index (χ1) is 8.97. The minimum atomic E-state index is -0.862. The van der Waals surface area contributed by atoms with Crippen molar-refractivity contribution in [1.29, 1.82) is 0 Å². The van der Waals surface area contributed by atoms with Gasteiger partial charge in [0.2, 0.25) is 0 Å². The number of nitrogens with zero attached hydrogens (tertiary/aromatic N) is 3. The van der Waals surface area contributed by atoms with E-state index in [-0.39, 0.29) is 5.75 Å². The third-order valence-corrected chi connectivity index (χ3v) is 3.56. The highest BCUT2D eigenvalue weighted by atomic mass is 35.5. The van der Waals surface area contributed by atoms with Crippen LogP contribution in [0.15, 0.2) is 17.4 Å². The summed E-state index contributed by atoms with van der Waals surface area (Å²) in [4.78, 5) is 19.4. The molecule has 0 bridgehead atoms. The average Bonchev–Trinajstić information content (AvgIpc) is 2.63. The Morgan fingerprint density at radius 2 is 2.32 bits per heavy atom. The van der Waals surface area contributed by atoms with Gasteiger partial charge in [0.25, 0.3) is 0 Å². The summed E-state index contributed by atoms with van der Waals surface area (Å²) in [6, 6.07) is 1.74. The smallest absolute Gasteiger partial charge is 0.313 e. The Morgan fingerprint density at radius 3 is 2.95 bits per heavy atom. The van der Waals surface area contributed by atoms with E-state index in [0.717, 1.165) is 12.2 Å². The number of imidazole rings is 1. The third kappa shape index (κ3) is 3.39. The Bertz CT molecular complexity index is 612. The molecule has 0 aliphatic heterocycles. The number of aromatic nitrogens is 3. The molecule has 2 heterocycles. The summed E-state index contributed by atoms with van der Waals surface area (Å²) >= 11 is 7.10. The van der Waals surface area contributed by atoms with E-state index in [1.54, 1.807) is 12.3 Å². The summed E-state index contributed by atoms with van der Waals surface area (Å²) in [6.45, 7) is 4.92. The maximum atomic E-state index is 10.7. The molecular weight excluding hydrogens is 286 g/mol. The van der Waals surface area contributed by atoms with Crippen molar-refractivity contribution in [2.75, 3.05) is 5.75 Å². The van der Waals surface area contributed by atoms with E-state index in [0.29, 0.717) is 21.6 Å². The van der Waals surface area contributed by atoms with E-state index in [4.69, 9.17) is 16.7 Å². The summed E-state index contributed by atoms with van der Waals surface area (Å²) in [5.74, 6) is -0.465. The molecule has 0 aliphatic carbocycles. The second-order valence-electron chi connectivity index (χ2n) is 4.58. The number of carboxylic acids is 1. The van der Waals surface area contributed by atoms with E-state index >= 15 is 0 Å². The molecule has 102 valence electrons. The number of rotatable bonds is 5. The van der Waals surface area contributed by atoms with Crippen LogP contribution in [0.1, 0.15) is 13.8 Å². The zero-order valence-electron chi connectivity index (χ0n) is 10.6. The number of aliphatic carboxylic acids is 1. The van der Waals surface area contributed by atoms with E-state index in [1.165, 1.54) is 11.8 Å². The van der Waals surface area contributed by atoms with Crippen LogP contribution in [0, 0.1) is 5.92 Å². The highest BCUT2D eigenvalue weighted by molar-refractivity contribution is 7.99. The molecule has 5 nitrogen and oxygen atoms in total. The first-order valence-corrected chi connectivity index (χ1v) is 7.20. The van der Waals surface area contributed by atoms with Gasteiger partial charge in [-0.05, 0) is 12.0 Å². The van der Waals surface area contributed by atoms with Crippen molar-refractivity contribution in [2.45, 2.75) is 25.5 Å². The lowest BCUT2D eigenvalue weighted by Crippen LogP contribution is -2.08. The second kappa shape index (κ2) is 5.79. The Balaban J connectivity index is 2.44. The fraction of sp³-hybridized carbons (Fsp3) is 0.417. The minimum absolute atomic E-state index is 0.0187. The predicted octanol–water partition coefficient (Wildman–Crippen LogP) is 2.92. The van der Waals surface area contributed by atoms with E-state index < -0.39 is 5.97 Å². The van der Waals surface area contributed by atoms with Crippen LogP contribution in [-0.2, 0) is 11.3 Å². The molecule has 7 heteroatoms. The number of carbonyl (C=O) groups is 1. The highest BCUT2D eigenvalue weighted by Crippen LogP contribution is 2.25. The largest absolute Gasteiger partial charge is 0.481 e. The van der Waals surface area contributed by atoms with Crippen molar-refractivity contribution in [3.8, 4) is 0 Å². The van der Waals surface area contributed by atoms with Gasteiger partial charge in [0, 0.05) is 12.7 Å². The van der Waals surface area contributed by atoms with Gasteiger partial charge in [0.05, 0.1) is 10.8 Å². The zero-order valence-corrected chi connectivity index (χ0v) is 12.2. The number of pyridine rings is 1. The summed E-state index contributed by atoms with van der Waals surface area (Å²) in [5.41, 5.74) is 1.44. The fourth-order valence-corrected chi connectivity index (χ4v) is 2.62. The summed E-state index contributed by atoms with van der Waals surface area (Å²) < 4.78 is 1.95. The van der Waals surface area contributed by atoms with E-state index in [2.05, 4.69) is 23.8 Å². The van der Waals surface area contributed by atoms with Crippen molar-refractivity contribution in [2.24, 2.45) is 5.92 Å². The molecule has 1 N–H and O–H groups in total. The molecular formula is C12H14ClN3O2S. The molecule has 0 radical (unpaired) electrons. The zero-order chi connectivity index (χ0) is 14.0. The van der Waals surface area contributed by atoms with E-state index in [1.807, 2.05) is 4.57 Å². The molecule has 2 aromatic heterocycles. The number of hydrogen-bond acceptors (Lipinski definition) is 4. The van der Waals surface area contributed by atoms with Crippen molar-refractivity contribution >= 4 is 40.5 Å². The molecule has 0 unspecified atom stereocenters. The van der Waals surface area contributed by atoms with Crippen LogP contribution in [0.4, 0.5) is 0 Å². The van der Waals surface area contributed by atoms with Crippen LogP contribution in [0.3, 0.4) is 0 Å². The minimum Gasteiger partial charge on any atom is -0.481 e. The van der Waals surface area contributed by atoms with Crippen molar-refractivity contribution < 1.29 is 9.90 Å². The molecule has 0 saturated carbocycles. The van der Waals surface area contributed by atoms with Gasteiger partial charge in [-0.25, -0.2) is 9.97 Å². The lowest BCUT2D eigenvalue weighted by atomic mass is 10.2. The van der Waals surface area contributed by atoms with Gasteiger partial charge in [0.15, 0.2) is 10.8 Å². The molecule has 0 aliphatic rings. The number of halogens is 1. The number of carboxylic acid groups (broad SMARTS) is 1. The summed E-state index contributed by atoms with van der Waals surface area (Å²) in [6.07, 6.45) is 1.58. The lowest BCUT2D eigenvalue weighted by molar-refractivity contribution is -0.133.